The van der Waals surface area contributed by atoms with Crippen LogP contribution in [0.3, 0.4) is 0 Å². The third-order valence-corrected chi connectivity index (χ3v) is 5.04. The molecule has 0 bridgehead atoms. The normalized spacial score (nSPS) is 10.9. The number of nitrogens with zero attached hydrogens (tertiary/aromatic N) is 4. The average Bonchev–Trinajstić information content (AvgIpc) is 3.13. The van der Waals surface area contributed by atoms with Gasteiger partial charge < -0.3 is 10.2 Å². The van der Waals surface area contributed by atoms with Crippen molar-refractivity contribution in [2.75, 3.05) is 18.9 Å². The van der Waals surface area contributed by atoms with Crippen LogP contribution < -0.4 is 5.32 Å². The summed E-state index contributed by atoms with van der Waals surface area (Å²) in [4.78, 5) is 23.3. The lowest BCUT2D eigenvalue weighted by Crippen LogP contribution is -2.27. The van der Waals surface area contributed by atoms with Crippen LogP contribution in [0.1, 0.15) is 17.5 Å². The maximum Gasteiger partial charge on any atom is 0.224 e. The van der Waals surface area contributed by atoms with Crippen LogP contribution >= 0.6 is 0 Å². The smallest absolute Gasteiger partial charge is 0.224 e. The molecule has 0 fully saturated rings. The molecule has 0 atom stereocenters. The zero-order chi connectivity index (χ0) is 20.9. The summed E-state index contributed by atoms with van der Waals surface area (Å²) in [7, 11) is 1.84. The zero-order valence-electron chi connectivity index (χ0n) is 17.2. The second kappa shape index (κ2) is 8.78. The van der Waals surface area contributed by atoms with Crippen LogP contribution in [0.4, 0.5) is 5.82 Å². The number of benzene rings is 2. The van der Waals surface area contributed by atoms with Crippen LogP contribution in [0, 0.1) is 6.92 Å². The fraction of sp³-hybridized carbons (Fsp3) is 0.208. The maximum absolute atomic E-state index is 12.6. The van der Waals surface area contributed by atoms with Gasteiger partial charge in [-0.25, -0.2) is 4.98 Å². The number of anilines is 1. The van der Waals surface area contributed by atoms with E-state index in [-0.39, 0.29) is 5.91 Å². The van der Waals surface area contributed by atoms with Crippen molar-refractivity contribution in [2.24, 2.45) is 0 Å². The Kier molecular flexibility index (Phi) is 5.75. The van der Waals surface area contributed by atoms with E-state index in [4.69, 9.17) is 4.98 Å². The number of amides is 1. The van der Waals surface area contributed by atoms with Crippen molar-refractivity contribution in [1.29, 1.82) is 0 Å². The van der Waals surface area contributed by atoms with Crippen LogP contribution in [0.15, 0.2) is 73.2 Å². The highest BCUT2D eigenvalue weighted by atomic mass is 16.2. The van der Waals surface area contributed by atoms with Crippen molar-refractivity contribution in [3.05, 3.63) is 84.3 Å². The van der Waals surface area contributed by atoms with Gasteiger partial charge in [-0.15, -0.1) is 0 Å². The summed E-state index contributed by atoms with van der Waals surface area (Å²) in [5, 5.41) is 3.43. The molecule has 6 nitrogen and oxygen atoms in total. The predicted molar refractivity (Wildman–Crippen MR) is 119 cm³/mol. The van der Waals surface area contributed by atoms with Crippen LogP contribution in [-0.2, 0) is 11.3 Å². The van der Waals surface area contributed by atoms with E-state index < -0.39 is 0 Å². The van der Waals surface area contributed by atoms with Crippen LogP contribution in [-0.4, -0.2) is 38.8 Å². The first-order valence-electron chi connectivity index (χ1n) is 10.0. The van der Waals surface area contributed by atoms with Gasteiger partial charge in [-0.05, 0) is 18.6 Å². The van der Waals surface area contributed by atoms with Crippen LogP contribution in [0.25, 0.3) is 16.9 Å². The molecule has 0 radical (unpaired) electrons. The van der Waals surface area contributed by atoms with E-state index in [1.807, 2.05) is 60.1 Å². The Morgan fingerprint density at radius 3 is 2.77 bits per heavy atom. The molecule has 2 heterocycles. The van der Waals surface area contributed by atoms with Crippen molar-refractivity contribution >= 4 is 17.4 Å². The SMILES string of the molecule is Cc1cccc(-c2nc3cnccn3c2NCCC(=O)N(C)Cc2ccccc2)c1. The van der Waals surface area contributed by atoms with Gasteiger partial charge in [-0.3, -0.25) is 14.2 Å². The molecular formula is C24H25N5O. The zero-order valence-corrected chi connectivity index (χ0v) is 17.2. The van der Waals surface area contributed by atoms with Gasteiger partial charge in [0.15, 0.2) is 5.65 Å². The summed E-state index contributed by atoms with van der Waals surface area (Å²) in [6.07, 6.45) is 5.75. The standard InChI is InChI=1S/C24H25N5O/c1-18-7-6-10-20(15-18)23-24(29-14-13-25-16-21(29)27-23)26-12-11-22(30)28(2)17-19-8-4-3-5-9-19/h3-10,13-16,26H,11-12,17H2,1-2H3. The maximum atomic E-state index is 12.6. The highest BCUT2D eigenvalue weighted by molar-refractivity contribution is 5.78. The molecule has 2 aromatic carbocycles. The molecule has 6 heteroatoms. The minimum Gasteiger partial charge on any atom is -0.369 e. The molecule has 4 aromatic rings. The summed E-state index contributed by atoms with van der Waals surface area (Å²) in [5.41, 5.74) is 4.96. The highest BCUT2D eigenvalue weighted by Crippen LogP contribution is 2.29. The van der Waals surface area contributed by atoms with Gasteiger partial charge >= 0.3 is 0 Å². The molecule has 0 aliphatic rings. The Morgan fingerprint density at radius 2 is 1.97 bits per heavy atom. The van der Waals surface area contributed by atoms with E-state index in [1.54, 1.807) is 17.3 Å². The Bertz CT molecular complexity index is 1150. The molecule has 152 valence electrons. The van der Waals surface area contributed by atoms with Gasteiger partial charge in [0.1, 0.15) is 11.5 Å². The number of hydrogen-bond donors (Lipinski definition) is 1. The van der Waals surface area contributed by atoms with Gasteiger partial charge in [-0.2, -0.15) is 0 Å². The van der Waals surface area contributed by atoms with Crippen molar-refractivity contribution in [2.45, 2.75) is 19.9 Å². The summed E-state index contributed by atoms with van der Waals surface area (Å²) in [5.74, 6) is 0.968. The number of carbonyl (C=O) groups excluding carboxylic acids is 1. The number of hydrogen-bond acceptors (Lipinski definition) is 4. The molecule has 1 amide bonds. The molecule has 0 aliphatic heterocycles. The molecule has 0 spiro atoms. The number of aryl methyl sites for hydroxylation is 1. The van der Waals surface area contributed by atoms with Crippen LogP contribution in [0.2, 0.25) is 0 Å². The minimum atomic E-state index is 0.0962. The average molecular weight is 399 g/mol. The number of fused-ring (bicyclic) bond motifs is 1. The molecule has 2 aromatic heterocycles. The predicted octanol–water partition coefficient (Wildman–Crippen LogP) is 4.17. The van der Waals surface area contributed by atoms with E-state index >= 15 is 0 Å². The fourth-order valence-corrected chi connectivity index (χ4v) is 3.49. The van der Waals surface area contributed by atoms with E-state index in [2.05, 4.69) is 29.4 Å². The van der Waals surface area contributed by atoms with Gasteiger partial charge in [-0.1, -0.05) is 54.1 Å². The summed E-state index contributed by atoms with van der Waals surface area (Å²) in [6, 6.07) is 18.3. The first kappa shape index (κ1) is 19.6. The first-order chi connectivity index (χ1) is 14.6. The Labute approximate surface area is 176 Å². The molecular weight excluding hydrogens is 374 g/mol. The number of nitrogens with one attached hydrogen (secondary N) is 1. The Hall–Kier alpha value is -3.67. The molecule has 0 saturated carbocycles. The molecule has 1 N–H and O–H groups in total. The summed E-state index contributed by atoms with van der Waals surface area (Å²) >= 11 is 0. The van der Waals surface area contributed by atoms with Crippen molar-refractivity contribution in [3.63, 3.8) is 0 Å². The lowest BCUT2D eigenvalue weighted by atomic mass is 10.1. The quantitative estimate of drug-likeness (QED) is 0.507. The third kappa shape index (κ3) is 4.33. The number of imidazole rings is 1. The lowest BCUT2D eigenvalue weighted by molar-refractivity contribution is -0.130. The van der Waals surface area contributed by atoms with E-state index in [1.165, 1.54) is 5.56 Å². The van der Waals surface area contributed by atoms with E-state index in [0.29, 0.717) is 19.5 Å². The van der Waals surface area contributed by atoms with Gasteiger partial charge in [0.05, 0.1) is 6.20 Å². The molecule has 0 aliphatic carbocycles. The fourth-order valence-electron chi connectivity index (χ4n) is 3.49. The third-order valence-electron chi connectivity index (χ3n) is 5.04. The van der Waals surface area contributed by atoms with E-state index in [0.717, 1.165) is 28.3 Å². The molecule has 30 heavy (non-hydrogen) atoms. The molecule has 0 unspecified atom stereocenters. The lowest BCUT2D eigenvalue weighted by Gasteiger charge is -2.18. The highest BCUT2D eigenvalue weighted by Gasteiger charge is 2.15. The van der Waals surface area contributed by atoms with Gasteiger partial charge in [0.25, 0.3) is 0 Å². The van der Waals surface area contributed by atoms with Gasteiger partial charge in [0.2, 0.25) is 5.91 Å². The molecule has 4 rings (SSSR count). The first-order valence-corrected chi connectivity index (χ1v) is 10.0. The Balaban J connectivity index is 1.48. The molecule has 0 saturated heterocycles. The van der Waals surface area contributed by atoms with Crippen molar-refractivity contribution < 1.29 is 4.79 Å². The van der Waals surface area contributed by atoms with Crippen molar-refractivity contribution in [3.8, 4) is 11.3 Å². The minimum absolute atomic E-state index is 0.0962. The number of rotatable bonds is 7. The number of aromatic nitrogens is 3. The van der Waals surface area contributed by atoms with Gasteiger partial charge in [0, 0.05) is 44.5 Å². The second-order valence-electron chi connectivity index (χ2n) is 7.40. The van der Waals surface area contributed by atoms with E-state index in [9.17, 15) is 4.79 Å². The largest absolute Gasteiger partial charge is 0.369 e. The number of carbonyl (C=O) groups is 1. The second-order valence-corrected chi connectivity index (χ2v) is 7.40. The summed E-state index contributed by atoms with van der Waals surface area (Å²) < 4.78 is 1.98. The summed E-state index contributed by atoms with van der Waals surface area (Å²) in [6.45, 7) is 3.19. The Morgan fingerprint density at radius 1 is 1.13 bits per heavy atom. The monoisotopic (exact) mass is 399 g/mol. The van der Waals surface area contributed by atoms with Crippen LogP contribution in [0.5, 0.6) is 0 Å². The topological polar surface area (TPSA) is 62.5 Å². The van der Waals surface area contributed by atoms with Crippen molar-refractivity contribution in [1.82, 2.24) is 19.3 Å².